The number of nitrogens with zero attached hydrogens (tertiary/aromatic N) is 1. The molecule has 1 N–H and O–H groups in total. The van der Waals surface area contributed by atoms with E-state index in [0.717, 1.165) is 30.6 Å². The van der Waals surface area contributed by atoms with Gasteiger partial charge in [-0.05, 0) is 51.6 Å². The molecule has 0 saturated heterocycles. The van der Waals surface area contributed by atoms with Crippen LogP contribution in [0.3, 0.4) is 0 Å². The summed E-state index contributed by atoms with van der Waals surface area (Å²) in [5, 5.41) is 3.79. The summed E-state index contributed by atoms with van der Waals surface area (Å²) in [6, 6.07) is 2.36. The van der Waals surface area contributed by atoms with Gasteiger partial charge in [0, 0.05) is 18.1 Å². The molecule has 2 aliphatic rings. The van der Waals surface area contributed by atoms with Crippen molar-refractivity contribution in [2.45, 2.75) is 103 Å². The third-order valence-electron chi connectivity index (χ3n) is 6.01. The van der Waals surface area contributed by atoms with E-state index in [1.165, 1.54) is 70.6 Å². The summed E-state index contributed by atoms with van der Waals surface area (Å²) in [4.78, 5) is 2.79. The SMILES string of the molecule is CCCC1CCC(NCC)C(N(C)C2CCCCCC2)C1. The zero-order chi connectivity index (χ0) is 15.1. The van der Waals surface area contributed by atoms with Crippen molar-refractivity contribution in [1.82, 2.24) is 10.2 Å². The lowest BCUT2D eigenvalue weighted by Gasteiger charge is -2.44. The Kier molecular flexibility index (Phi) is 7.53. The van der Waals surface area contributed by atoms with Crippen molar-refractivity contribution in [2.75, 3.05) is 13.6 Å². The van der Waals surface area contributed by atoms with Gasteiger partial charge in [-0.3, -0.25) is 4.90 Å². The van der Waals surface area contributed by atoms with Crippen LogP contribution in [-0.4, -0.2) is 36.6 Å². The van der Waals surface area contributed by atoms with Crippen LogP contribution in [0.4, 0.5) is 0 Å². The molecule has 2 rings (SSSR count). The van der Waals surface area contributed by atoms with Gasteiger partial charge in [0.15, 0.2) is 0 Å². The van der Waals surface area contributed by atoms with Crippen LogP contribution in [0.2, 0.25) is 0 Å². The predicted octanol–water partition coefficient (Wildman–Crippen LogP) is 4.59. The molecule has 2 saturated carbocycles. The first-order valence-electron chi connectivity index (χ1n) is 9.71. The molecule has 124 valence electrons. The molecule has 2 nitrogen and oxygen atoms in total. The molecule has 0 bridgehead atoms. The molecule has 0 aromatic heterocycles. The molecule has 0 aromatic carbocycles. The minimum absolute atomic E-state index is 0.733. The van der Waals surface area contributed by atoms with Crippen molar-refractivity contribution in [3.63, 3.8) is 0 Å². The second kappa shape index (κ2) is 9.15. The third kappa shape index (κ3) is 4.96. The van der Waals surface area contributed by atoms with E-state index < -0.39 is 0 Å². The van der Waals surface area contributed by atoms with Crippen LogP contribution >= 0.6 is 0 Å². The molecule has 21 heavy (non-hydrogen) atoms. The average molecular weight is 295 g/mol. The second-order valence-corrected chi connectivity index (χ2v) is 7.51. The summed E-state index contributed by atoms with van der Waals surface area (Å²) >= 11 is 0. The first-order chi connectivity index (χ1) is 10.3. The highest BCUT2D eigenvalue weighted by Crippen LogP contribution is 2.33. The molecule has 0 spiro atoms. The normalized spacial score (nSPS) is 32.3. The Morgan fingerprint density at radius 3 is 2.29 bits per heavy atom. The Hall–Kier alpha value is -0.0800. The van der Waals surface area contributed by atoms with Gasteiger partial charge >= 0.3 is 0 Å². The Morgan fingerprint density at radius 2 is 1.67 bits per heavy atom. The fourth-order valence-electron chi connectivity index (χ4n) is 4.79. The van der Waals surface area contributed by atoms with Crippen molar-refractivity contribution in [2.24, 2.45) is 5.92 Å². The molecular weight excluding hydrogens is 256 g/mol. The van der Waals surface area contributed by atoms with Crippen molar-refractivity contribution in [3.05, 3.63) is 0 Å². The standard InChI is InChI=1S/C19H38N2/c1-4-10-16-13-14-18(20-5-2)19(15-16)21(3)17-11-8-6-7-9-12-17/h16-20H,4-15H2,1-3H3. The number of hydrogen-bond donors (Lipinski definition) is 1. The van der Waals surface area contributed by atoms with E-state index in [9.17, 15) is 0 Å². The lowest BCUT2D eigenvalue weighted by Crippen LogP contribution is -2.54. The van der Waals surface area contributed by atoms with Crippen LogP contribution in [0.1, 0.15) is 84.5 Å². The van der Waals surface area contributed by atoms with Crippen molar-refractivity contribution in [3.8, 4) is 0 Å². The molecule has 0 amide bonds. The molecule has 2 heteroatoms. The van der Waals surface area contributed by atoms with E-state index in [4.69, 9.17) is 0 Å². The number of likely N-dealkylation sites (N-methyl/N-ethyl adjacent to an activating group) is 2. The van der Waals surface area contributed by atoms with E-state index in [2.05, 4.69) is 31.1 Å². The smallest absolute Gasteiger partial charge is 0.0251 e. The fraction of sp³-hybridized carbons (Fsp3) is 1.00. The minimum Gasteiger partial charge on any atom is -0.313 e. The fourth-order valence-corrected chi connectivity index (χ4v) is 4.79. The van der Waals surface area contributed by atoms with E-state index in [0.29, 0.717) is 0 Å². The van der Waals surface area contributed by atoms with Crippen molar-refractivity contribution in [1.29, 1.82) is 0 Å². The highest BCUT2D eigenvalue weighted by Gasteiger charge is 2.34. The van der Waals surface area contributed by atoms with Gasteiger partial charge < -0.3 is 5.32 Å². The molecule has 3 unspecified atom stereocenters. The maximum atomic E-state index is 3.79. The third-order valence-corrected chi connectivity index (χ3v) is 6.01. The Balaban J connectivity index is 1.98. The zero-order valence-corrected chi connectivity index (χ0v) is 14.7. The molecule has 0 aliphatic heterocycles. The van der Waals surface area contributed by atoms with E-state index in [1.807, 2.05) is 0 Å². The van der Waals surface area contributed by atoms with E-state index in [-0.39, 0.29) is 0 Å². The van der Waals surface area contributed by atoms with Crippen LogP contribution in [0.25, 0.3) is 0 Å². The summed E-state index contributed by atoms with van der Waals surface area (Å²) in [6.45, 7) is 5.74. The maximum Gasteiger partial charge on any atom is 0.0251 e. The van der Waals surface area contributed by atoms with Crippen LogP contribution < -0.4 is 5.32 Å². The molecule has 0 radical (unpaired) electrons. The van der Waals surface area contributed by atoms with Crippen LogP contribution in [0.5, 0.6) is 0 Å². The Morgan fingerprint density at radius 1 is 0.952 bits per heavy atom. The van der Waals surface area contributed by atoms with Gasteiger partial charge in [-0.15, -0.1) is 0 Å². The van der Waals surface area contributed by atoms with Gasteiger partial charge in [0.25, 0.3) is 0 Å². The lowest BCUT2D eigenvalue weighted by atomic mass is 9.79. The molecule has 3 atom stereocenters. The van der Waals surface area contributed by atoms with Gasteiger partial charge in [0.05, 0.1) is 0 Å². The summed E-state index contributed by atoms with van der Waals surface area (Å²) in [5.41, 5.74) is 0. The zero-order valence-electron chi connectivity index (χ0n) is 14.7. The van der Waals surface area contributed by atoms with Crippen molar-refractivity contribution < 1.29 is 0 Å². The summed E-state index contributed by atoms with van der Waals surface area (Å²) in [6.07, 6.45) is 15.8. The van der Waals surface area contributed by atoms with Crippen LogP contribution in [0.15, 0.2) is 0 Å². The quantitative estimate of drug-likeness (QED) is 0.721. The first kappa shape index (κ1) is 17.3. The minimum atomic E-state index is 0.733. The highest BCUT2D eigenvalue weighted by atomic mass is 15.2. The van der Waals surface area contributed by atoms with E-state index >= 15 is 0 Å². The summed E-state index contributed by atoms with van der Waals surface area (Å²) < 4.78 is 0. The number of nitrogens with one attached hydrogen (secondary N) is 1. The van der Waals surface area contributed by atoms with Crippen LogP contribution in [-0.2, 0) is 0 Å². The molecular formula is C19H38N2. The average Bonchev–Trinajstić information content (AvgIpc) is 2.78. The Bertz CT molecular complexity index is 271. The Labute approximate surface area is 133 Å². The molecule has 0 aromatic rings. The van der Waals surface area contributed by atoms with Crippen LogP contribution in [0, 0.1) is 5.92 Å². The summed E-state index contributed by atoms with van der Waals surface area (Å²) in [7, 11) is 2.43. The summed E-state index contributed by atoms with van der Waals surface area (Å²) in [5.74, 6) is 0.975. The predicted molar refractivity (Wildman–Crippen MR) is 92.8 cm³/mol. The lowest BCUT2D eigenvalue weighted by molar-refractivity contribution is 0.0751. The van der Waals surface area contributed by atoms with Gasteiger partial charge in [0.2, 0.25) is 0 Å². The topological polar surface area (TPSA) is 15.3 Å². The second-order valence-electron chi connectivity index (χ2n) is 7.51. The highest BCUT2D eigenvalue weighted by molar-refractivity contribution is 4.92. The maximum absolute atomic E-state index is 3.79. The van der Waals surface area contributed by atoms with Crippen molar-refractivity contribution >= 4 is 0 Å². The van der Waals surface area contributed by atoms with E-state index in [1.54, 1.807) is 0 Å². The monoisotopic (exact) mass is 294 g/mol. The largest absolute Gasteiger partial charge is 0.313 e. The molecule has 2 aliphatic carbocycles. The molecule has 2 fully saturated rings. The first-order valence-corrected chi connectivity index (χ1v) is 9.71. The number of hydrogen-bond acceptors (Lipinski definition) is 2. The number of rotatable bonds is 6. The molecule has 0 heterocycles. The van der Waals surface area contributed by atoms with Gasteiger partial charge in [-0.25, -0.2) is 0 Å². The van der Waals surface area contributed by atoms with Gasteiger partial charge in [0.1, 0.15) is 0 Å². The van der Waals surface area contributed by atoms with Gasteiger partial charge in [-0.2, -0.15) is 0 Å². The van der Waals surface area contributed by atoms with Gasteiger partial charge in [-0.1, -0.05) is 52.4 Å².